The Kier molecular flexibility index (Phi) is 7.60. The molecule has 4 rings (SSSR count). The van der Waals surface area contributed by atoms with Gasteiger partial charge in [-0.3, -0.25) is 0 Å². The summed E-state index contributed by atoms with van der Waals surface area (Å²) >= 11 is 0. The Morgan fingerprint density at radius 2 is 1.94 bits per heavy atom. The number of aromatic nitrogens is 1. The van der Waals surface area contributed by atoms with E-state index in [2.05, 4.69) is 39.6 Å². The summed E-state index contributed by atoms with van der Waals surface area (Å²) in [4.78, 5) is 11.7. The van der Waals surface area contributed by atoms with E-state index in [-0.39, 0.29) is 0 Å². The highest BCUT2D eigenvalue weighted by atomic mass is 16.5. The Morgan fingerprint density at radius 3 is 2.74 bits per heavy atom. The van der Waals surface area contributed by atoms with E-state index in [9.17, 15) is 0 Å². The summed E-state index contributed by atoms with van der Waals surface area (Å²) in [6.45, 7) is 8.15. The number of hydrogen-bond acceptors (Lipinski definition) is 5. The summed E-state index contributed by atoms with van der Waals surface area (Å²) in [7, 11) is 0. The van der Waals surface area contributed by atoms with Gasteiger partial charge < -0.3 is 25.0 Å². The lowest BCUT2D eigenvalue weighted by molar-refractivity contribution is 0.122. The second-order valence-corrected chi connectivity index (χ2v) is 8.00. The molecule has 0 amide bonds. The Bertz CT molecular complexity index is 863. The fraction of sp³-hybridized carbons (Fsp3) is 0.500. The van der Waals surface area contributed by atoms with Crippen LogP contribution in [0.5, 0.6) is 5.75 Å². The SMILES string of the molecule is CCNC(=NCc1ccccc1OCC1CC1)NCc1cccnc1N1CCOCC1. The molecule has 31 heavy (non-hydrogen) atoms. The van der Waals surface area contributed by atoms with E-state index in [1.54, 1.807) is 0 Å². The molecule has 1 aromatic carbocycles. The number of ether oxygens (including phenoxy) is 2. The van der Waals surface area contributed by atoms with E-state index >= 15 is 0 Å². The molecule has 1 aliphatic carbocycles. The third-order valence-corrected chi connectivity index (χ3v) is 5.52. The predicted molar refractivity (Wildman–Crippen MR) is 124 cm³/mol. The Balaban J connectivity index is 1.40. The number of benzene rings is 1. The van der Waals surface area contributed by atoms with E-state index in [0.29, 0.717) is 13.1 Å². The molecule has 2 aliphatic rings. The maximum absolute atomic E-state index is 6.03. The zero-order chi connectivity index (χ0) is 21.3. The minimum atomic E-state index is 0.569. The van der Waals surface area contributed by atoms with Crippen LogP contribution in [0.1, 0.15) is 30.9 Å². The molecule has 0 radical (unpaired) electrons. The molecule has 1 saturated carbocycles. The second kappa shape index (κ2) is 11.0. The number of pyridine rings is 1. The summed E-state index contributed by atoms with van der Waals surface area (Å²) < 4.78 is 11.5. The summed E-state index contributed by atoms with van der Waals surface area (Å²) in [6.07, 6.45) is 4.43. The number of rotatable bonds is 9. The van der Waals surface area contributed by atoms with Gasteiger partial charge in [-0.15, -0.1) is 0 Å². The Morgan fingerprint density at radius 1 is 1.13 bits per heavy atom. The van der Waals surface area contributed by atoms with Crippen molar-refractivity contribution in [1.82, 2.24) is 15.6 Å². The molecule has 2 heterocycles. The van der Waals surface area contributed by atoms with Gasteiger partial charge in [0, 0.05) is 43.5 Å². The van der Waals surface area contributed by atoms with E-state index in [4.69, 9.17) is 14.5 Å². The number of anilines is 1. The number of nitrogens with zero attached hydrogens (tertiary/aromatic N) is 3. The van der Waals surface area contributed by atoms with Crippen molar-refractivity contribution in [2.24, 2.45) is 10.9 Å². The highest BCUT2D eigenvalue weighted by Gasteiger charge is 2.22. The van der Waals surface area contributed by atoms with Gasteiger partial charge in [0.15, 0.2) is 5.96 Å². The van der Waals surface area contributed by atoms with E-state index in [1.165, 1.54) is 12.8 Å². The number of hydrogen-bond donors (Lipinski definition) is 2. The highest BCUT2D eigenvalue weighted by molar-refractivity contribution is 5.80. The van der Waals surface area contributed by atoms with Gasteiger partial charge in [0.2, 0.25) is 0 Å². The normalized spacial score (nSPS) is 16.8. The molecule has 2 N–H and O–H groups in total. The van der Waals surface area contributed by atoms with Crippen LogP contribution in [0.4, 0.5) is 5.82 Å². The summed E-state index contributed by atoms with van der Waals surface area (Å²) in [5, 5.41) is 6.81. The summed E-state index contributed by atoms with van der Waals surface area (Å²) in [6, 6.07) is 12.3. The lowest BCUT2D eigenvalue weighted by Crippen LogP contribution is -2.39. The van der Waals surface area contributed by atoms with Crippen molar-refractivity contribution in [2.75, 3.05) is 44.4 Å². The van der Waals surface area contributed by atoms with Crippen molar-refractivity contribution >= 4 is 11.8 Å². The van der Waals surface area contributed by atoms with Gasteiger partial charge in [-0.05, 0) is 37.8 Å². The molecular formula is C24H33N5O2. The first-order valence-electron chi connectivity index (χ1n) is 11.3. The predicted octanol–water partition coefficient (Wildman–Crippen LogP) is 2.96. The van der Waals surface area contributed by atoms with Crippen molar-refractivity contribution < 1.29 is 9.47 Å². The van der Waals surface area contributed by atoms with Crippen LogP contribution >= 0.6 is 0 Å². The second-order valence-electron chi connectivity index (χ2n) is 8.00. The lowest BCUT2D eigenvalue weighted by atomic mass is 10.2. The number of nitrogens with one attached hydrogen (secondary N) is 2. The first-order valence-corrected chi connectivity index (χ1v) is 11.3. The molecule has 0 unspecified atom stereocenters. The molecular weight excluding hydrogens is 390 g/mol. The van der Waals surface area contributed by atoms with Crippen LogP contribution in [-0.2, 0) is 17.8 Å². The van der Waals surface area contributed by atoms with Gasteiger partial charge in [-0.2, -0.15) is 0 Å². The van der Waals surface area contributed by atoms with Crippen molar-refractivity contribution in [3.8, 4) is 5.75 Å². The van der Waals surface area contributed by atoms with E-state index < -0.39 is 0 Å². The molecule has 2 aromatic rings. The van der Waals surface area contributed by atoms with Gasteiger partial charge in [-0.25, -0.2) is 9.98 Å². The maximum atomic E-state index is 6.03. The fourth-order valence-corrected chi connectivity index (χ4v) is 3.58. The smallest absolute Gasteiger partial charge is 0.191 e. The van der Waals surface area contributed by atoms with Crippen molar-refractivity contribution in [1.29, 1.82) is 0 Å². The van der Waals surface area contributed by atoms with Crippen LogP contribution in [0.3, 0.4) is 0 Å². The standard InChI is InChI=1S/C24H33N5O2/c1-2-25-24(27-16-20-6-3-4-8-22(20)31-18-19-9-10-19)28-17-21-7-5-11-26-23(21)29-12-14-30-15-13-29/h3-8,11,19H,2,9-10,12-18H2,1H3,(H2,25,27,28). The summed E-state index contributed by atoms with van der Waals surface area (Å²) in [5.74, 6) is 3.48. The van der Waals surface area contributed by atoms with Crippen molar-refractivity contribution in [3.05, 3.63) is 53.7 Å². The maximum Gasteiger partial charge on any atom is 0.191 e. The zero-order valence-corrected chi connectivity index (χ0v) is 18.3. The van der Waals surface area contributed by atoms with Crippen LogP contribution in [0.2, 0.25) is 0 Å². The van der Waals surface area contributed by atoms with Crippen LogP contribution < -0.4 is 20.3 Å². The van der Waals surface area contributed by atoms with E-state index in [0.717, 1.165) is 74.0 Å². The number of para-hydroxylation sites is 1. The van der Waals surface area contributed by atoms with Gasteiger partial charge in [0.25, 0.3) is 0 Å². The minimum absolute atomic E-state index is 0.569. The van der Waals surface area contributed by atoms with Gasteiger partial charge in [0.05, 0.1) is 26.4 Å². The Labute approximate surface area is 184 Å². The Hall–Kier alpha value is -2.80. The summed E-state index contributed by atoms with van der Waals surface area (Å²) in [5.41, 5.74) is 2.26. The molecule has 0 spiro atoms. The third-order valence-electron chi connectivity index (χ3n) is 5.52. The largest absolute Gasteiger partial charge is 0.493 e. The molecule has 7 heteroatoms. The molecule has 1 saturated heterocycles. The molecule has 1 aliphatic heterocycles. The molecule has 7 nitrogen and oxygen atoms in total. The van der Waals surface area contributed by atoms with Crippen molar-refractivity contribution in [3.63, 3.8) is 0 Å². The van der Waals surface area contributed by atoms with Crippen LogP contribution in [0.15, 0.2) is 47.6 Å². The number of aliphatic imine (C=N–C) groups is 1. The average molecular weight is 424 g/mol. The monoisotopic (exact) mass is 423 g/mol. The van der Waals surface area contributed by atoms with E-state index in [1.807, 2.05) is 30.5 Å². The van der Waals surface area contributed by atoms with Crippen LogP contribution in [0, 0.1) is 5.92 Å². The average Bonchev–Trinajstić information content (AvgIpc) is 3.65. The lowest BCUT2D eigenvalue weighted by Gasteiger charge is -2.29. The first kappa shape index (κ1) is 21.4. The topological polar surface area (TPSA) is 71.0 Å². The quantitative estimate of drug-likeness (QED) is 0.477. The van der Waals surface area contributed by atoms with Crippen LogP contribution in [-0.4, -0.2) is 50.4 Å². The van der Waals surface area contributed by atoms with Crippen molar-refractivity contribution in [2.45, 2.75) is 32.9 Å². The highest BCUT2D eigenvalue weighted by Crippen LogP contribution is 2.30. The third kappa shape index (κ3) is 6.34. The first-order chi connectivity index (χ1) is 15.3. The molecule has 2 fully saturated rings. The van der Waals surface area contributed by atoms with Gasteiger partial charge in [0.1, 0.15) is 11.6 Å². The molecule has 0 bridgehead atoms. The molecule has 0 atom stereocenters. The van der Waals surface area contributed by atoms with Crippen LogP contribution in [0.25, 0.3) is 0 Å². The fourth-order valence-electron chi connectivity index (χ4n) is 3.58. The zero-order valence-electron chi connectivity index (χ0n) is 18.3. The molecule has 1 aromatic heterocycles. The minimum Gasteiger partial charge on any atom is -0.493 e. The van der Waals surface area contributed by atoms with Gasteiger partial charge >= 0.3 is 0 Å². The number of guanidine groups is 1. The van der Waals surface area contributed by atoms with Gasteiger partial charge in [-0.1, -0.05) is 24.3 Å². The molecule has 166 valence electrons. The number of morpholine rings is 1.